The molecule has 0 fully saturated rings. The molecule has 4 aromatic rings. The summed E-state index contributed by atoms with van der Waals surface area (Å²) in [5.74, 6) is -0.576. The van der Waals surface area contributed by atoms with E-state index >= 15 is 0 Å². The summed E-state index contributed by atoms with van der Waals surface area (Å²) in [5.41, 5.74) is 1.66. The van der Waals surface area contributed by atoms with Crippen molar-refractivity contribution in [1.29, 1.82) is 0 Å². The lowest BCUT2D eigenvalue weighted by Crippen LogP contribution is -2.16. The van der Waals surface area contributed by atoms with Gasteiger partial charge >= 0.3 is 12.3 Å². The van der Waals surface area contributed by atoms with Gasteiger partial charge in [-0.05, 0) is 62.5 Å². The fourth-order valence-corrected chi connectivity index (χ4v) is 4.42. The minimum atomic E-state index is -4.56. The summed E-state index contributed by atoms with van der Waals surface area (Å²) in [6, 6.07) is 8.36. The number of carbonyl (C=O) groups is 2. The van der Waals surface area contributed by atoms with Crippen molar-refractivity contribution in [3.05, 3.63) is 71.0 Å². The van der Waals surface area contributed by atoms with E-state index in [1.165, 1.54) is 35.4 Å². The number of rotatable bonds is 7. The molecule has 0 unspecified atom stereocenters. The molecule has 4 rings (SSSR count). The van der Waals surface area contributed by atoms with Gasteiger partial charge in [-0.1, -0.05) is 22.6 Å². The van der Waals surface area contributed by atoms with Crippen molar-refractivity contribution in [2.75, 3.05) is 31.8 Å². The van der Waals surface area contributed by atoms with Crippen LogP contribution in [0.1, 0.15) is 27.0 Å². The summed E-state index contributed by atoms with van der Waals surface area (Å²) >= 11 is 1.17. The Balaban J connectivity index is 1.58. The van der Waals surface area contributed by atoms with Crippen molar-refractivity contribution < 1.29 is 27.5 Å². The minimum Gasteiger partial charge on any atom is -0.453 e. The van der Waals surface area contributed by atoms with Crippen molar-refractivity contribution in [3.63, 3.8) is 0 Å². The molecule has 0 aliphatic rings. The van der Waals surface area contributed by atoms with Crippen molar-refractivity contribution in [3.8, 4) is 16.3 Å². The number of nitrogens with zero attached hydrogens (tertiary/aromatic N) is 5. The third-order valence-electron chi connectivity index (χ3n) is 5.44. The van der Waals surface area contributed by atoms with Crippen molar-refractivity contribution in [2.45, 2.75) is 19.6 Å². The third kappa shape index (κ3) is 6.78. The summed E-state index contributed by atoms with van der Waals surface area (Å²) in [6.07, 6.45) is -2.04. The highest BCUT2D eigenvalue weighted by molar-refractivity contribution is 7.19. The molecule has 0 radical (unpaired) electrons. The third-order valence-corrected chi connectivity index (χ3v) is 6.38. The Hall–Kier alpha value is -4.30. The molecule has 0 aliphatic carbocycles. The van der Waals surface area contributed by atoms with Crippen LogP contribution in [0, 0.1) is 6.92 Å². The Morgan fingerprint density at radius 3 is 2.59 bits per heavy atom. The molecule has 0 atom stereocenters. The van der Waals surface area contributed by atoms with Crippen LogP contribution >= 0.6 is 11.3 Å². The van der Waals surface area contributed by atoms with E-state index in [0.717, 1.165) is 17.7 Å². The Morgan fingerprint density at radius 1 is 1.13 bits per heavy atom. The summed E-state index contributed by atoms with van der Waals surface area (Å²) < 4.78 is 46.4. The molecule has 2 aromatic heterocycles. The number of aryl methyl sites for hydroxylation is 1. The fraction of sp³-hybridized carbons (Fsp3) is 0.240. The van der Waals surface area contributed by atoms with Gasteiger partial charge in [0.2, 0.25) is 0 Å². The zero-order valence-corrected chi connectivity index (χ0v) is 22.1. The number of amides is 2. The largest absolute Gasteiger partial charge is 0.453 e. The van der Waals surface area contributed by atoms with Gasteiger partial charge in [-0.15, -0.1) is 5.10 Å². The van der Waals surface area contributed by atoms with E-state index in [2.05, 4.69) is 30.7 Å². The maximum Gasteiger partial charge on any atom is 0.416 e. The Bertz CT molecular complexity index is 1510. The first-order valence-electron chi connectivity index (χ1n) is 11.4. The van der Waals surface area contributed by atoms with E-state index in [1.54, 1.807) is 43.4 Å². The molecule has 39 heavy (non-hydrogen) atoms. The number of hydrogen-bond donors (Lipinski definition) is 2. The molecule has 0 saturated heterocycles. The topological polar surface area (TPSA) is 114 Å². The van der Waals surface area contributed by atoms with Crippen LogP contribution in [-0.2, 0) is 17.5 Å². The van der Waals surface area contributed by atoms with Crippen molar-refractivity contribution in [1.82, 2.24) is 24.9 Å². The normalized spacial score (nSPS) is 11.5. The van der Waals surface area contributed by atoms with Crippen LogP contribution in [0.4, 0.5) is 28.8 Å². The number of carbonyl (C=O) groups excluding carboxylic acids is 2. The number of alkyl halides is 3. The second-order valence-electron chi connectivity index (χ2n) is 8.80. The molecule has 0 aliphatic heterocycles. The van der Waals surface area contributed by atoms with Gasteiger partial charge < -0.3 is 15.0 Å². The smallest absolute Gasteiger partial charge is 0.416 e. The van der Waals surface area contributed by atoms with Gasteiger partial charge in [0.05, 0.1) is 29.4 Å². The van der Waals surface area contributed by atoms with E-state index in [0.29, 0.717) is 27.0 Å². The number of benzene rings is 2. The van der Waals surface area contributed by atoms with Gasteiger partial charge in [-0.25, -0.2) is 14.5 Å². The predicted octanol–water partition coefficient (Wildman–Crippen LogP) is 5.21. The number of thiazole rings is 1. The van der Waals surface area contributed by atoms with E-state index in [4.69, 9.17) is 0 Å². The zero-order valence-electron chi connectivity index (χ0n) is 21.3. The molecule has 0 bridgehead atoms. The van der Waals surface area contributed by atoms with E-state index in [1.807, 2.05) is 6.92 Å². The second kappa shape index (κ2) is 11.2. The number of methoxy groups -OCH3 is 1. The lowest BCUT2D eigenvalue weighted by Gasteiger charge is -2.16. The van der Waals surface area contributed by atoms with Gasteiger partial charge in [0.25, 0.3) is 5.91 Å². The van der Waals surface area contributed by atoms with Crippen molar-refractivity contribution in [2.24, 2.45) is 0 Å². The average molecular weight is 560 g/mol. The Labute approximate surface area is 225 Å². The Morgan fingerprint density at radius 2 is 1.90 bits per heavy atom. The van der Waals surface area contributed by atoms with Gasteiger partial charge in [0.1, 0.15) is 5.69 Å². The first-order valence-corrected chi connectivity index (χ1v) is 12.3. The lowest BCUT2D eigenvalue weighted by atomic mass is 10.1. The minimum absolute atomic E-state index is 0.0402. The average Bonchev–Trinajstić information content (AvgIpc) is 3.53. The molecule has 0 spiro atoms. The van der Waals surface area contributed by atoms with Gasteiger partial charge in [-0.2, -0.15) is 13.2 Å². The summed E-state index contributed by atoms with van der Waals surface area (Å²) in [4.78, 5) is 30.9. The molecule has 2 aromatic carbocycles. The molecule has 2 amide bonds. The highest BCUT2D eigenvalue weighted by atomic mass is 32.1. The maximum absolute atomic E-state index is 13.5. The highest BCUT2D eigenvalue weighted by Crippen LogP contribution is 2.33. The Kier molecular flexibility index (Phi) is 7.97. The monoisotopic (exact) mass is 559 g/mol. The molecule has 2 N–H and O–H groups in total. The van der Waals surface area contributed by atoms with Crippen LogP contribution in [0.15, 0.2) is 48.8 Å². The molecular weight excluding hydrogens is 535 g/mol. The summed E-state index contributed by atoms with van der Waals surface area (Å²) in [7, 11) is 4.73. The molecular formula is C25H24F3N7O3S. The van der Waals surface area contributed by atoms with Crippen LogP contribution in [0.3, 0.4) is 0 Å². The van der Waals surface area contributed by atoms with Crippen LogP contribution in [0.25, 0.3) is 16.3 Å². The molecule has 204 valence electrons. The van der Waals surface area contributed by atoms with E-state index in [-0.39, 0.29) is 17.8 Å². The summed E-state index contributed by atoms with van der Waals surface area (Å²) in [6.45, 7) is 2.10. The van der Waals surface area contributed by atoms with E-state index in [9.17, 15) is 22.8 Å². The van der Waals surface area contributed by atoms with Gasteiger partial charge in [0, 0.05) is 24.0 Å². The van der Waals surface area contributed by atoms with Gasteiger partial charge in [0.15, 0.2) is 5.13 Å². The van der Waals surface area contributed by atoms with Crippen LogP contribution in [0.5, 0.6) is 0 Å². The van der Waals surface area contributed by atoms with Crippen LogP contribution in [0.2, 0.25) is 0 Å². The molecule has 0 saturated carbocycles. The number of halogens is 3. The number of aromatic nitrogens is 4. The highest BCUT2D eigenvalue weighted by Gasteiger charge is 2.31. The fourth-order valence-electron chi connectivity index (χ4n) is 3.67. The molecule has 10 nitrogen and oxygen atoms in total. The van der Waals surface area contributed by atoms with E-state index < -0.39 is 23.7 Å². The number of anilines is 2. The maximum atomic E-state index is 13.5. The van der Waals surface area contributed by atoms with Crippen molar-refractivity contribution >= 4 is 34.2 Å². The van der Waals surface area contributed by atoms with Crippen LogP contribution < -0.4 is 10.6 Å². The molecule has 2 heterocycles. The first kappa shape index (κ1) is 27.7. The van der Waals surface area contributed by atoms with Gasteiger partial charge in [-0.3, -0.25) is 10.1 Å². The van der Waals surface area contributed by atoms with Crippen LogP contribution in [-0.4, -0.2) is 58.1 Å². The quantitative estimate of drug-likeness (QED) is 0.320. The molecule has 14 heteroatoms. The zero-order chi connectivity index (χ0) is 28.3. The lowest BCUT2D eigenvalue weighted by molar-refractivity contribution is -0.137. The second-order valence-corrected chi connectivity index (χ2v) is 9.83. The number of hydrogen-bond acceptors (Lipinski definition) is 8. The predicted molar refractivity (Wildman–Crippen MR) is 140 cm³/mol. The first-order chi connectivity index (χ1) is 18.4. The summed E-state index contributed by atoms with van der Waals surface area (Å²) in [5, 5.41) is 13.7. The standard InChI is InChI=1S/C25H24F3N7O3S/c1-14-5-6-16(22(36)30-18-8-15(12-34(2)3)7-17(10-18)25(26,27)28)9-20(14)35-13-19(32-33-35)21-11-29-23(39-21)31-24(37)38-4/h5-11,13H,12H2,1-4H3,(H,30,36)(H,29,31,37). The number of ether oxygens (including phenoxy) is 1. The number of nitrogens with one attached hydrogen (secondary N) is 2. The SMILES string of the molecule is COC(=O)Nc1ncc(-c2cn(-c3cc(C(=O)Nc4cc(CN(C)C)cc(C(F)(F)F)c4)ccc3C)nn2)s1.